The summed E-state index contributed by atoms with van der Waals surface area (Å²) in [5.74, 6) is -3.49. The molecule has 13 heteroatoms. The smallest absolute Gasteiger partial charge is 0.418 e. The number of aromatic amines is 1. The van der Waals surface area contributed by atoms with Crippen LogP contribution in [0.2, 0.25) is 0 Å². The highest BCUT2D eigenvalue weighted by atomic mass is 16.6. The number of aromatic nitrogens is 1. The number of carbonyl (C=O) groups is 6. The highest BCUT2D eigenvalue weighted by Crippen LogP contribution is 2.21. The maximum atomic E-state index is 13.3. The maximum Gasteiger partial charge on any atom is 0.418 e. The lowest BCUT2D eigenvalue weighted by Gasteiger charge is -2.25. The van der Waals surface area contributed by atoms with Crippen molar-refractivity contribution in [2.75, 3.05) is 13.1 Å². The summed E-state index contributed by atoms with van der Waals surface area (Å²) in [6, 6.07) is 12.7. The molecule has 3 heterocycles. The topological polar surface area (TPSA) is 179 Å². The predicted octanol–water partition coefficient (Wildman–Crippen LogP) is -0.0954. The van der Waals surface area contributed by atoms with Crippen LogP contribution in [-0.2, 0) is 41.6 Å². The molecule has 6 amide bonds. The lowest BCUT2D eigenvalue weighted by molar-refractivity contribution is -0.138. The minimum Gasteiger partial charge on any atom is -0.434 e. The van der Waals surface area contributed by atoms with E-state index >= 15 is 0 Å². The van der Waals surface area contributed by atoms with Gasteiger partial charge in [-0.25, -0.2) is 9.69 Å². The van der Waals surface area contributed by atoms with Gasteiger partial charge in [0.2, 0.25) is 23.6 Å². The zero-order valence-corrected chi connectivity index (χ0v) is 22.7. The van der Waals surface area contributed by atoms with Crippen LogP contribution < -0.4 is 21.3 Å². The Kier molecular flexibility index (Phi) is 8.18. The largest absolute Gasteiger partial charge is 0.434 e. The molecule has 0 unspecified atom stereocenters. The first-order valence-electron chi connectivity index (χ1n) is 13.5. The van der Waals surface area contributed by atoms with Crippen LogP contribution >= 0.6 is 0 Å². The van der Waals surface area contributed by atoms with Crippen molar-refractivity contribution in [3.63, 3.8) is 0 Å². The molecule has 2 aliphatic rings. The van der Waals surface area contributed by atoms with Gasteiger partial charge in [-0.2, -0.15) is 0 Å². The lowest BCUT2D eigenvalue weighted by Crippen LogP contribution is -2.57. The fourth-order valence-electron chi connectivity index (χ4n) is 5.01. The van der Waals surface area contributed by atoms with Crippen molar-refractivity contribution in [2.45, 2.75) is 44.0 Å². The molecule has 3 aromatic rings. The number of para-hydroxylation sites is 1. The minimum atomic E-state index is -1.38. The van der Waals surface area contributed by atoms with Gasteiger partial charge in [0.1, 0.15) is 18.1 Å². The summed E-state index contributed by atoms with van der Waals surface area (Å²) in [5.41, 5.74) is 2.28. The number of fused-ring (bicyclic) bond motifs is 3. The zero-order valence-electron chi connectivity index (χ0n) is 22.7. The number of rotatable bonds is 4. The van der Waals surface area contributed by atoms with Gasteiger partial charge in [-0.1, -0.05) is 48.5 Å². The summed E-state index contributed by atoms with van der Waals surface area (Å²) >= 11 is 0. The van der Waals surface area contributed by atoms with Crippen molar-refractivity contribution in [1.29, 1.82) is 0 Å². The molecule has 0 aliphatic carbocycles. The van der Waals surface area contributed by atoms with Crippen LogP contribution in [0.5, 0.6) is 0 Å². The van der Waals surface area contributed by atoms with E-state index in [0.29, 0.717) is 5.56 Å². The van der Waals surface area contributed by atoms with Gasteiger partial charge in [-0.15, -0.1) is 0 Å². The SMILES string of the molecule is C[C@@H]1NC(=O)[C@H](Cc2ccccc2)N2C(=O)O[C@@H](CNC(=O)[C@H](Cc3c[nH]c4ccccc34)NC(=O)CNC1=O)C2=O. The summed E-state index contributed by atoms with van der Waals surface area (Å²) in [6.45, 7) is 0.597. The quantitative estimate of drug-likeness (QED) is 0.289. The van der Waals surface area contributed by atoms with Crippen LogP contribution in [0, 0.1) is 0 Å². The van der Waals surface area contributed by atoms with E-state index in [1.807, 2.05) is 24.3 Å². The number of H-pyrrole nitrogens is 1. The van der Waals surface area contributed by atoms with Crippen LogP contribution in [-0.4, -0.2) is 82.8 Å². The van der Waals surface area contributed by atoms with Crippen LogP contribution in [0.4, 0.5) is 4.79 Å². The van der Waals surface area contributed by atoms with E-state index in [2.05, 4.69) is 26.3 Å². The van der Waals surface area contributed by atoms with Gasteiger partial charge < -0.3 is 31.0 Å². The Morgan fingerprint density at radius 3 is 2.36 bits per heavy atom. The molecule has 2 fully saturated rings. The van der Waals surface area contributed by atoms with Gasteiger partial charge in [0.05, 0.1) is 13.1 Å². The fourth-order valence-corrected chi connectivity index (χ4v) is 5.01. The van der Waals surface area contributed by atoms with E-state index in [1.54, 1.807) is 36.5 Å². The minimum absolute atomic E-state index is 0.0317. The Bertz CT molecular complexity index is 1540. The summed E-state index contributed by atoms with van der Waals surface area (Å²) in [7, 11) is 0. The molecule has 2 aliphatic heterocycles. The average molecular weight is 575 g/mol. The van der Waals surface area contributed by atoms with E-state index in [-0.39, 0.29) is 19.4 Å². The molecule has 42 heavy (non-hydrogen) atoms. The van der Waals surface area contributed by atoms with Gasteiger partial charge in [-0.05, 0) is 24.1 Å². The number of carbonyl (C=O) groups excluding carboxylic acids is 6. The number of nitrogens with one attached hydrogen (secondary N) is 5. The first-order chi connectivity index (χ1) is 20.2. The molecule has 5 rings (SSSR count). The number of nitrogens with zero attached hydrogens (tertiary/aromatic N) is 1. The van der Waals surface area contributed by atoms with E-state index in [9.17, 15) is 28.8 Å². The number of imide groups is 1. The maximum absolute atomic E-state index is 13.3. The Hall–Kier alpha value is -5.20. The van der Waals surface area contributed by atoms with Crippen LogP contribution in [0.3, 0.4) is 0 Å². The molecule has 0 saturated carbocycles. The number of hydrogen-bond donors (Lipinski definition) is 5. The number of amides is 6. The standard InChI is InChI=1S/C29H30N6O7/c1-16-25(37)32-15-24(36)34-21(12-18-13-30-20-10-6-5-9-19(18)20)26(38)31-14-23-28(40)35(29(41)42-23)22(27(39)33-16)11-17-7-3-2-4-8-17/h2-10,13,16,21-23,30H,11-12,14-15H2,1H3,(H,31,38)(H,32,37)(H,33,39)(H,34,36)/t16-,21-,22-,23-/m0/s1. The van der Waals surface area contributed by atoms with Crippen LogP contribution in [0.1, 0.15) is 18.1 Å². The summed E-state index contributed by atoms with van der Waals surface area (Å²) in [5, 5.41) is 11.1. The van der Waals surface area contributed by atoms with Crippen molar-refractivity contribution < 1.29 is 33.5 Å². The van der Waals surface area contributed by atoms with Crippen molar-refractivity contribution in [3.05, 3.63) is 71.9 Å². The molecular formula is C29H30N6O7. The Balaban J connectivity index is 1.41. The molecular weight excluding hydrogens is 544 g/mol. The summed E-state index contributed by atoms with van der Waals surface area (Å²) < 4.78 is 5.27. The molecule has 0 spiro atoms. The van der Waals surface area contributed by atoms with Gasteiger partial charge >= 0.3 is 6.09 Å². The van der Waals surface area contributed by atoms with Crippen molar-refractivity contribution >= 4 is 46.5 Å². The molecule has 218 valence electrons. The second-order valence-corrected chi connectivity index (χ2v) is 10.2. The highest BCUT2D eigenvalue weighted by molar-refractivity contribution is 6.05. The monoisotopic (exact) mass is 574 g/mol. The molecule has 13 nitrogen and oxygen atoms in total. The van der Waals surface area contributed by atoms with Gasteiger partial charge in [0, 0.05) is 29.9 Å². The van der Waals surface area contributed by atoms with E-state index in [0.717, 1.165) is 21.4 Å². The molecule has 0 radical (unpaired) electrons. The molecule has 1 aromatic heterocycles. The van der Waals surface area contributed by atoms with E-state index in [1.165, 1.54) is 6.92 Å². The van der Waals surface area contributed by atoms with Crippen molar-refractivity contribution in [3.8, 4) is 0 Å². The predicted molar refractivity (Wildman–Crippen MR) is 149 cm³/mol. The van der Waals surface area contributed by atoms with E-state index < -0.39 is 66.4 Å². The van der Waals surface area contributed by atoms with Crippen molar-refractivity contribution in [2.24, 2.45) is 0 Å². The number of hydrogen-bond acceptors (Lipinski definition) is 7. The van der Waals surface area contributed by atoms with Gasteiger partial charge in [0.25, 0.3) is 5.91 Å². The third-order valence-corrected chi connectivity index (χ3v) is 7.23. The first-order valence-corrected chi connectivity index (χ1v) is 13.5. The Labute approximate surface area is 240 Å². The third-order valence-electron chi connectivity index (χ3n) is 7.23. The third kappa shape index (κ3) is 6.09. The lowest BCUT2D eigenvalue weighted by atomic mass is 10.0. The highest BCUT2D eigenvalue weighted by Gasteiger charge is 2.47. The van der Waals surface area contributed by atoms with Gasteiger partial charge in [-0.3, -0.25) is 24.0 Å². The summed E-state index contributed by atoms with van der Waals surface area (Å²) in [4.78, 5) is 82.2. The number of benzene rings is 2. The summed E-state index contributed by atoms with van der Waals surface area (Å²) in [6.07, 6.45) is -0.616. The average Bonchev–Trinajstić information content (AvgIpc) is 3.52. The molecule has 2 saturated heterocycles. The fraction of sp³-hybridized carbons (Fsp3) is 0.310. The van der Waals surface area contributed by atoms with Gasteiger partial charge in [0.15, 0.2) is 6.10 Å². The van der Waals surface area contributed by atoms with Crippen LogP contribution in [0.25, 0.3) is 10.9 Å². The second kappa shape index (κ2) is 12.1. The normalized spacial score (nSPS) is 24.1. The zero-order chi connectivity index (χ0) is 29.8. The second-order valence-electron chi connectivity index (χ2n) is 10.2. The van der Waals surface area contributed by atoms with Crippen molar-refractivity contribution in [1.82, 2.24) is 31.2 Å². The van der Waals surface area contributed by atoms with E-state index in [4.69, 9.17) is 4.74 Å². The number of ether oxygens (including phenoxy) is 1. The molecule has 5 N–H and O–H groups in total. The first kappa shape index (κ1) is 28.3. The molecule has 2 bridgehead atoms. The van der Waals surface area contributed by atoms with Crippen LogP contribution in [0.15, 0.2) is 60.8 Å². The molecule has 2 aromatic carbocycles. The molecule has 4 atom stereocenters. The Morgan fingerprint density at radius 1 is 0.833 bits per heavy atom. The Morgan fingerprint density at radius 2 is 1.57 bits per heavy atom.